The zero-order valence-electron chi connectivity index (χ0n) is 19.2. The third-order valence-electron chi connectivity index (χ3n) is 5.10. The number of benzene rings is 3. The first-order valence-corrected chi connectivity index (χ1v) is 11.7. The Morgan fingerprint density at radius 2 is 1.71 bits per heavy atom. The lowest BCUT2D eigenvalue weighted by Crippen LogP contribution is -2.23. The predicted octanol–water partition coefficient (Wildman–Crippen LogP) is 4.85. The fourth-order valence-electron chi connectivity index (χ4n) is 3.26. The van der Waals surface area contributed by atoms with E-state index in [1.807, 2.05) is 59.2 Å². The minimum absolute atomic E-state index is 0.185. The zero-order valence-corrected chi connectivity index (χ0v) is 20.0. The highest BCUT2D eigenvalue weighted by atomic mass is 32.2. The zero-order chi connectivity index (χ0) is 24.6. The number of amides is 1. The minimum Gasteiger partial charge on any atom is -0.497 e. The Morgan fingerprint density at radius 1 is 1.03 bits per heavy atom. The van der Waals surface area contributed by atoms with Gasteiger partial charge in [0.15, 0.2) is 11.0 Å². The topological polar surface area (TPSA) is 102 Å². The Balaban J connectivity index is 1.53. The number of carbonyl (C=O) groups excluding carboxylic acids is 1. The van der Waals surface area contributed by atoms with Gasteiger partial charge < -0.3 is 14.8 Å². The highest BCUT2D eigenvalue weighted by molar-refractivity contribution is 8.00. The SMILES string of the molecule is COc1ccc(OCc2nnc(SC(C)C(=O)Nc3ccccc3C#N)n2-c2ccccc2)cc1. The molecule has 0 saturated heterocycles. The second kappa shape index (κ2) is 11.2. The first-order chi connectivity index (χ1) is 17.1. The number of thioether (sulfide) groups is 1. The van der Waals surface area contributed by atoms with Gasteiger partial charge in [0.25, 0.3) is 0 Å². The minimum atomic E-state index is -0.497. The molecule has 1 amide bonds. The number of hydrogen-bond acceptors (Lipinski definition) is 7. The van der Waals surface area contributed by atoms with E-state index < -0.39 is 5.25 Å². The first-order valence-electron chi connectivity index (χ1n) is 10.8. The maximum atomic E-state index is 12.9. The number of ether oxygens (including phenoxy) is 2. The van der Waals surface area contributed by atoms with Crippen molar-refractivity contribution in [3.8, 4) is 23.3 Å². The molecule has 9 heteroatoms. The lowest BCUT2D eigenvalue weighted by Gasteiger charge is -2.14. The van der Waals surface area contributed by atoms with Crippen molar-refractivity contribution in [2.75, 3.05) is 12.4 Å². The Bertz CT molecular complexity index is 1330. The van der Waals surface area contributed by atoms with Crippen molar-refractivity contribution in [1.29, 1.82) is 5.26 Å². The molecule has 1 unspecified atom stereocenters. The highest BCUT2D eigenvalue weighted by Gasteiger charge is 2.22. The maximum absolute atomic E-state index is 12.9. The molecule has 176 valence electrons. The third-order valence-corrected chi connectivity index (χ3v) is 6.14. The number of hydrogen-bond donors (Lipinski definition) is 1. The molecule has 0 radical (unpaired) electrons. The highest BCUT2D eigenvalue weighted by Crippen LogP contribution is 2.28. The van der Waals surface area contributed by atoms with Crippen molar-refractivity contribution in [2.45, 2.75) is 23.9 Å². The summed E-state index contributed by atoms with van der Waals surface area (Å²) in [7, 11) is 1.61. The molecule has 0 aliphatic heterocycles. The smallest absolute Gasteiger partial charge is 0.237 e. The summed E-state index contributed by atoms with van der Waals surface area (Å²) in [5, 5.41) is 20.8. The summed E-state index contributed by atoms with van der Waals surface area (Å²) in [6.07, 6.45) is 0. The molecule has 35 heavy (non-hydrogen) atoms. The standard InChI is InChI=1S/C26H23N5O3S/c1-18(25(32)28-23-11-7-6-8-19(23)16-27)35-26-30-29-24(31(26)20-9-4-3-5-10-20)17-34-22-14-12-21(33-2)13-15-22/h3-15,18H,17H2,1-2H3,(H,28,32). The van der Waals surface area contributed by atoms with E-state index in [-0.39, 0.29) is 12.5 Å². The van der Waals surface area contributed by atoms with Crippen LogP contribution >= 0.6 is 11.8 Å². The molecule has 4 rings (SSSR count). The van der Waals surface area contributed by atoms with Crippen LogP contribution in [0.5, 0.6) is 11.5 Å². The van der Waals surface area contributed by atoms with Crippen LogP contribution in [0.4, 0.5) is 5.69 Å². The molecule has 1 N–H and O–H groups in total. The Hall–Kier alpha value is -4.29. The average molecular weight is 486 g/mol. The van der Waals surface area contributed by atoms with Gasteiger partial charge in [0.2, 0.25) is 5.91 Å². The summed E-state index contributed by atoms with van der Waals surface area (Å²) in [4.78, 5) is 12.9. The van der Waals surface area contributed by atoms with Crippen LogP contribution in [0.15, 0.2) is 84.0 Å². The van der Waals surface area contributed by atoms with Crippen molar-refractivity contribution in [3.05, 3.63) is 90.3 Å². The van der Waals surface area contributed by atoms with Crippen molar-refractivity contribution in [1.82, 2.24) is 14.8 Å². The van der Waals surface area contributed by atoms with Gasteiger partial charge in [-0.05, 0) is 55.5 Å². The van der Waals surface area contributed by atoms with Crippen molar-refractivity contribution in [3.63, 3.8) is 0 Å². The summed E-state index contributed by atoms with van der Waals surface area (Å²) in [6.45, 7) is 1.97. The molecule has 0 aliphatic rings. The van der Waals surface area contributed by atoms with Crippen LogP contribution in [-0.2, 0) is 11.4 Å². The monoisotopic (exact) mass is 485 g/mol. The van der Waals surface area contributed by atoms with Crippen LogP contribution in [0.25, 0.3) is 5.69 Å². The van der Waals surface area contributed by atoms with Gasteiger partial charge in [-0.25, -0.2) is 0 Å². The predicted molar refractivity (Wildman–Crippen MR) is 134 cm³/mol. The maximum Gasteiger partial charge on any atom is 0.237 e. The number of nitrogens with one attached hydrogen (secondary N) is 1. The first kappa shape index (κ1) is 23.9. The molecule has 3 aromatic carbocycles. The van der Waals surface area contributed by atoms with Gasteiger partial charge in [-0.15, -0.1) is 10.2 Å². The van der Waals surface area contributed by atoms with Crippen molar-refractivity contribution < 1.29 is 14.3 Å². The number of methoxy groups -OCH3 is 1. The second-order valence-electron chi connectivity index (χ2n) is 7.44. The van der Waals surface area contributed by atoms with E-state index in [9.17, 15) is 10.1 Å². The lowest BCUT2D eigenvalue weighted by molar-refractivity contribution is -0.115. The molecule has 0 bridgehead atoms. The quantitative estimate of drug-likeness (QED) is 0.338. The van der Waals surface area contributed by atoms with Crippen LogP contribution in [0.1, 0.15) is 18.3 Å². The summed E-state index contributed by atoms with van der Waals surface area (Å²) >= 11 is 1.28. The summed E-state index contributed by atoms with van der Waals surface area (Å²) in [5.74, 6) is 1.77. The molecule has 1 heterocycles. The van der Waals surface area contributed by atoms with Crippen LogP contribution in [-0.4, -0.2) is 33.0 Å². The second-order valence-corrected chi connectivity index (χ2v) is 8.75. The summed E-state index contributed by atoms with van der Waals surface area (Å²) in [6, 6.07) is 25.9. The number of aromatic nitrogens is 3. The Labute approximate surface area is 207 Å². The molecule has 0 spiro atoms. The van der Waals surface area contributed by atoms with Gasteiger partial charge in [0.05, 0.1) is 23.6 Å². The van der Waals surface area contributed by atoms with Gasteiger partial charge in [-0.1, -0.05) is 42.1 Å². The van der Waals surface area contributed by atoms with Gasteiger partial charge >= 0.3 is 0 Å². The van der Waals surface area contributed by atoms with E-state index in [0.29, 0.717) is 28.0 Å². The van der Waals surface area contributed by atoms with Gasteiger partial charge in [0, 0.05) is 5.69 Å². The molecular weight excluding hydrogens is 462 g/mol. The lowest BCUT2D eigenvalue weighted by atomic mass is 10.2. The van der Waals surface area contributed by atoms with Gasteiger partial charge in [-0.2, -0.15) is 5.26 Å². The fraction of sp³-hybridized carbons (Fsp3) is 0.154. The van der Waals surface area contributed by atoms with E-state index in [0.717, 1.165) is 11.4 Å². The van der Waals surface area contributed by atoms with E-state index in [4.69, 9.17) is 9.47 Å². The number of para-hydroxylation sites is 2. The molecule has 1 atom stereocenters. The van der Waals surface area contributed by atoms with Crippen LogP contribution < -0.4 is 14.8 Å². The fourth-order valence-corrected chi connectivity index (χ4v) is 4.15. The normalized spacial score (nSPS) is 11.3. The molecule has 0 saturated carbocycles. The summed E-state index contributed by atoms with van der Waals surface area (Å²) in [5.41, 5.74) is 1.74. The van der Waals surface area contributed by atoms with Crippen molar-refractivity contribution >= 4 is 23.4 Å². The van der Waals surface area contributed by atoms with E-state index in [1.54, 1.807) is 38.3 Å². The molecule has 0 aliphatic carbocycles. The Morgan fingerprint density at radius 3 is 2.43 bits per heavy atom. The summed E-state index contributed by atoms with van der Waals surface area (Å²) < 4.78 is 13.0. The number of nitrogens with zero attached hydrogens (tertiary/aromatic N) is 4. The van der Waals surface area contributed by atoms with E-state index in [1.165, 1.54) is 11.8 Å². The molecular formula is C26H23N5O3S. The van der Waals surface area contributed by atoms with Gasteiger partial charge in [0.1, 0.15) is 24.2 Å². The Kier molecular flexibility index (Phi) is 7.65. The van der Waals surface area contributed by atoms with Crippen LogP contribution in [0.2, 0.25) is 0 Å². The van der Waals surface area contributed by atoms with Crippen molar-refractivity contribution in [2.24, 2.45) is 0 Å². The molecule has 0 fully saturated rings. The molecule has 4 aromatic rings. The van der Waals surface area contributed by atoms with E-state index >= 15 is 0 Å². The van der Waals surface area contributed by atoms with Gasteiger partial charge in [-0.3, -0.25) is 9.36 Å². The number of anilines is 1. The van der Waals surface area contributed by atoms with E-state index in [2.05, 4.69) is 21.6 Å². The average Bonchev–Trinajstić information content (AvgIpc) is 3.30. The largest absolute Gasteiger partial charge is 0.497 e. The number of carbonyl (C=O) groups is 1. The molecule has 8 nitrogen and oxygen atoms in total. The van der Waals surface area contributed by atoms with Crippen LogP contribution in [0, 0.1) is 11.3 Å². The third kappa shape index (κ3) is 5.80. The number of nitriles is 1. The molecule has 1 aromatic heterocycles. The number of rotatable bonds is 9. The van der Waals surface area contributed by atoms with Crippen LogP contribution in [0.3, 0.4) is 0 Å².